The zero-order valence-electron chi connectivity index (χ0n) is 24.9. The smallest absolute Gasteiger partial charge is 0.383 e. The maximum absolute atomic E-state index is 13.7. The van der Waals surface area contributed by atoms with Crippen molar-refractivity contribution in [2.75, 3.05) is 66.2 Å². The van der Waals surface area contributed by atoms with E-state index in [0.717, 1.165) is 29.8 Å². The molecule has 0 spiro atoms. The number of carbonyl (C=O) groups excluding carboxylic acids is 1. The number of benzene rings is 2. The van der Waals surface area contributed by atoms with Gasteiger partial charge in [-0.2, -0.15) is 26.3 Å². The first kappa shape index (κ1) is 33.2. The molecule has 0 N–H and O–H groups in total. The molecule has 1 unspecified atom stereocenters. The third-order valence-electron chi connectivity index (χ3n) is 8.53. The van der Waals surface area contributed by atoms with E-state index in [1.807, 2.05) is 32.0 Å². The molecular formula is C31H39F6N3O3. The van der Waals surface area contributed by atoms with Crippen molar-refractivity contribution in [3.05, 3.63) is 69.8 Å². The fraction of sp³-hybridized carbons (Fsp3) is 0.581. The van der Waals surface area contributed by atoms with Crippen LogP contribution in [0.5, 0.6) is 0 Å². The van der Waals surface area contributed by atoms with Crippen LogP contribution in [0.25, 0.3) is 0 Å². The molecule has 12 heteroatoms. The summed E-state index contributed by atoms with van der Waals surface area (Å²) in [6.07, 6.45) is -9.66. The van der Waals surface area contributed by atoms with Crippen LogP contribution in [-0.4, -0.2) is 98.4 Å². The highest BCUT2D eigenvalue weighted by atomic mass is 19.4. The zero-order chi connectivity index (χ0) is 31.6. The third-order valence-corrected chi connectivity index (χ3v) is 8.53. The van der Waals surface area contributed by atoms with E-state index in [9.17, 15) is 31.1 Å². The summed E-state index contributed by atoms with van der Waals surface area (Å²) < 4.78 is 92.4. The van der Waals surface area contributed by atoms with E-state index in [4.69, 9.17) is 9.47 Å². The van der Waals surface area contributed by atoms with E-state index < -0.39 is 41.0 Å². The predicted molar refractivity (Wildman–Crippen MR) is 150 cm³/mol. The summed E-state index contributed by atoms with van der Waals surface area (Å²) in [6.45, 7) is 10.8. The Kier molecular flexibility index (Phi) is 10.1. The number of rotatable bonds is 8. The normalized spacial score (nSPS) is 22.7. The Bertz CT molecular complexity index is 1250. The number of methoxy groups -OCH3 is 1. The number of hydrogen-bond donors (Lipinski definition) is 0. The summed E-state index contributed by atoms with van der Waals surface area (Å²) in [4.78, 5) is 19.6. The number of alkyl halides is 6. The number of carbonyl (C=O) groups is 1. The van der Waals surface area contributed by atoms with Gasteiger partial charge in [0.05, 0.1) is 36.5 Å². The number of amides is 1. The number of nitrogens with zero attached hydrogens (tertiary/aromatic N) is 3. The van der Waals surface area contributed by atoms with Crippen molar-refractivity contribution >= 4 is 5.91 Å². The van der Waals surface area contributed by atoms with E-state index in [1.165, 1.54) is 4.90 Å². The second kappa shape index (κ2) is 13.1. The molecule has 0 saturated carbocycles. The van der Waals surface area contributed by atoms with Gasteiger partial charge in [-0.3, -0.25) is 14.6 Å². The van der Waals surface area contributed by atoms with Crippen LogP contribution in [0.1, 0.15) is 45.1 Å². The predicted octanol–water partition coefficient (Wildman–Crippen LogP) is 5.45. The molecule has 2 saturated heterocycles. The van der Waals surface area contributed by atoms with Gasteiger partial charge in [0.1, 0.15) is 0 Å². The summed E-state index contributed by atoms with van der Waals surface area (Å²) >= 11 is 0. The largest absolute Gasteiger partial charge is 0.416 e. The maximum atomic E-state index is 13.7. The van der Waals surface area contributed by atoms with Crippen LogP contribution >= 0.6 is 0 Å². The fourth-order valence-electron chi connectivity index (χ4n) is 5.93. The van der Waals surface area contributed by atoms with Crippen molar-refractivity contribution in [2.45, 2.75) is 51.1 Å². The summed E-state index contributed by atoms with van der Waals surface area (Å²) in [5.41, 5.74) is -0.823. The highest BCUT2D eigenvalue weighted by Gasteiger charge is 2.40. The summed E-state index contributed by atoms with van der Waals surface area (Å²) in [6, 6.07) is 6.55. The first-order valence-electron chi connectivity index (χ1n) is 14.3. The van der Waals surface area contributed by atoms with Gasteiger partial charge in [0.15, 0.2) is 0 Å². The Morgan fingerprint density at radius 1 is 0.953 bits per heavy atom. The molecule has 6 nitrogen and oxygen atoms in total. The number of aryl methyl sites for hydroxylation is 2. The molecule has 0 bridgehead atoms. The lowest BCUT2D eigenvalue weighted by molar-refractivity contribution is -0.143. The van der Waals surface area contributed by atoms with Gasteiger partial charge in [0.2, 0.25) is 0 Å². The quantitative estimate of drug-likeness (QED) is 0.370. The summed E-state index contributed by atoms with van der Waals surface area (Å²) in [7, 11) is 1.65. The Morgan fingerprint density at radius 2 is 1.63 bits per heavy atom. The van der Waals surface area contributed by atoms with Crippen LogP contribution in [0.15, 0.2) is 36.4 Å². The van der Waals surface area contributed by atoms with Crippen LogP contribution in [-0.2, 0) is 28.2 Å². The van der Waals surface area contributed by atoms with Crippen molar-refractivity contribution in [3.8, 4) is 0 Å². The van der Waals surface area contributed by atoms with Gasteiger partial charge >= 0.3 is 12.4 Å². The van der Waals surface area contributed by atoms with Crippen LogP contribution in [0.3, 0.4) is 0 Å². The van der Waals surface area contributed by atoms with Gasteiger partial charge in [-0.1, -0.05) is 18.2 Å². The van der Waals surface area contributed by atoms with Crippen molar-refractivity contribution in [2.24, 2.45) is 0 Å². The monoisotopic (exact) mass is 615 g/mol. The fourth-order valence-corrected chi connectivity index (χ4v) is 5.93. The minimum Gasteiger partial charge on any atom is -0.383 e. The molecule has 43 heavy (non-hydrogen) atoms. The van der Waals surface area contributed by atoms with Crippen LogP contribution in [0.4, 0.5) is 26.3 Å². The van der Waals surface area contributed by atoms with Crippen molar-refractivity contribution in [3.63, 3.8) is 0 Å². The average Bonchev–Trinajstić information content (AvgIpc) is 2.93. The highest BCUT2D eigenvalue weighted by Crippen LogP contribution is 2.37. The SMILES string of the molecule is COCC1(C)COCCN1CCN1CCN(C(=O)c2cc(C(F)(F)F)cc(C(F)(F)F)c2)[C@H](Cc2ccc(C)c(C)c2)C1. The minimum absolute atomic E-state index is 0.0459. The molecule has 2 aliphatic rings. The molecule has 238 valence electrons. The number of morpholine rings is 1. The van der Waals surface area contributed by atoms with Crippen molar-refractivity contribution in [1.29, 1.82) is 0 Å². The lowest BCUT2D eigenvalue weighted by atomic mass is 9.97. The molecule has 0 aliphatic carbocycles. The molecule has 2 aromatic rings. The van der Waals surface area contributed by atoms with Gasteiger partial charge in [-0.25, -0.2) is 0 Å². The van der Waals surface area contributed by atoms with Crippen molar-refractivity contribution < 1.29 is 40.6 Å². The van der Waals surface area contributed by atoms with Crippen molar-refractivity contribution in [1.82, 2.24) is 14.7 Å². The molecule has 2 aromatic carbocycles. The molecule has 2 atom stereocenters. The molecule has 2 heterocycles. The molecule has 2 aliphatic heterocycles. The Balaban J connectivity index is 1.59. The third kappa shape index (κ3) is 8.09. The summed E-state index contributed by atoms with van der Waals surface area (Å²) in [5.74, 6) is -0.842. The standard InChI is InChI=1S/C31H39F6N3O3/c1-21-5-6-23(13-22(21)2)14-27-18-38(7-9-39-11-12-43-20-29(39,3)19-42-4)8-10-40(27)28(41)24-15-25(30(32,33)34)17-26(16-24)31(35,36)37/h5-6,13,15-17,27H,7-12,14,18-20H2,1-4H3/t27-,29?/m1/s1. The van der Waals surface area contributed by atoms with E-state index in [-0.39, 0.29) is 18.2 Å². The van der Waals surface area contributed by atoms with Crippen LogP contribution in [0, 0.1) is 13.8 Å². The molecular weight excluding hydrogens is 576 g/mol. The second-order valence-corrected chi connectivity index (χ2v) is 11.8. The van der Waals surface area contributed by atoms with Crippen LogP contribution < -0.4 is 0 Å². The molecule has 0 aromatic heterocycles. The summed E-state index contributed by atoms with van der Waals surface area (Å²) in [5, 5.41) is 0. The van der Waals surface area contributed by atoms with E-state index in [0.29, 0.717) is 58.0 Å². The Morgan fingerprint density at radius 3 is 2.23 bits per heavy atom. The second-order valence-electron chi connectivity index (χ2n) is 11.8. The first-order valence-corrected chi connectivity index (χ1v) is 14.3. The van der Waals surface area contributed by atoms with Gasteiger partial charge in [0.25, 0.3) is 5.91 Å². The highest BCUT2D eigenvalue weighted by molar-refractivity contribution is 5.95. The van der Waals surface area contributed by atoms with E-state index in [1.54, 1.807) is 7.11 Å². The topological polar surface area (TPSA) is 45.3 Å². The average molecular weight is 616 g/mol. The number of piperazine rings is 1. The van der Waals surface area contributed by atoms with Gasteiger partial charge < -0.3 is 14.4 Å². The van der Waals surface area contributed by atoms with E-state index in [2.05, 4.69) is 16.7 Å². The first-order chi connectivity index (χ1) is 20.1. The van der Waals surface area contributed by atoms with E-state index >= 15 is 0 Å². The maximum Gasteiger partial charge on any atom is 0.416 e. The number of ether oxygens (including phenoxy) is 2. The number of halogens is 6. The minimum atomic E-state index is -5.04. The number of hydrogen-bond acceptors (Lipinski definition) is 5. The van der Waals surface area contributed by atoms with Crippen LogP contribution in [0.2, 0.25) is 0 Å². The van der Waals surface area contributed by atoms with Gasteiger partial charge in [0, 0.05) is 58.0 Å². The van der Waals surface area contributed by atoms with Gasteiger partial charge in [-0.15, -0.1) is 0 Å². The van der Waals surface area contributed by atoms with Gasteiger partial charge in [-0.05, 0) is 62.1 Å². The lowest BCUT2D eigenvalue weighted by Crippen LogP contribution is -2.61. The Hall–Kier alpha value is -2.67. The molecule has 2 fully saturated rings. The molecule has 4 rings (SSSR count). The molecule has 0 radical (unpaired) electrons. The zero-order valence-corrected chi connectivity index (χ0v) is 24.9. The Labute approximate surface area is 248 Å². The molecule has 1 amide bonds. The lowest BCUT2D eigenvalue weighted by Gasteiger charge is -2.46.